The molecule has 0 saturated carbocycles. The van der Waals surface area contributed by atoms with E-state index in [4.69, 9.17) is 16.3 Å². The molecule has 42 heavy (non-hydrogen) atoms. The highest BCUT2D eigenvalue weighted by Crippen LogP contribution is 2.32. The second kappa shape index (κ2) is 13.6. The van der Waals surface area contributed by atoms with E-state index in [0.717, 1.165) is 9.87 Å². The van der Waals surface area contributed by atoms with Crippen LogP contribution in [0.3, 0.4) is 0 Å². The molecule has 0 aromatic heterocycles. The summed E-state index contributed by atoms with van der Waals surface area (Å²) in [5, 5.41) is 3.07. The smallest absolute Gasteiger partial charge is 0.264 e. The fraction of sp³-hybridized carbons (Fsp3) is 0.355. The minimum absolute atomic E-state index is 0.0181. The highest BCUT2D eigenvalue weighted by molar-refractivity contribution is 7.92. The summed E-state index contributed by atoms with van der Waals surface area (Å²) in [6.07, 6.45) is 0.258. The zero-order chi connectivity index (χ0) is 31.2. The Morgan fingerprint density at radius 1 is 1.02 bits per heavy atom. The molecule has 0 bridgehead atoms. The molecule has 0 heterocycles. The van der Waals surface area contributed by atoms with Crippen molar-refractivity contribution in [3.63, 3.8) is 0 Å². The number of benzene rings is 3. The Morgan fingerprint density at radius 2 is 1.64 bits per heavy atom. The van der Waals surface area contributed by atoms with Gasteiger partial charge in [-0.1, -0.05) is 48.4 Å². The predicted molar refractivity (Wildman–Crippen MR) is 163 cm³/mol. The van der Waals surface area contributed by atoms with Crippen molar-refractivity contribution in [2.75, 3.05) is 18.0 Å². The number of nitrogens with zero attached hydrogens (tertiary/aromatic N) is 2. The lowest BCUT2D eigenvalue weighted by molar-refractivity contribution is -0.141. The van der Waals surface area contributed by atoms with Crippen molar-refractivity contribution < 1.29 is 27.1 Å². The zero-order valence-electron chi connectivity index (χ0n) is 24.6. The number of carbonyl (C=O) groups is 2. The Morgan fingerprint density at radius 3 is 2.17 bits per heavy atom. The maximum absolute atomic E-state index is 14.1. The van der Waals surface area contributed by atoms with Gasteiger partial charge in [0.15, 0.2) is 0 Å². The first kappa shape index (κ1) is 32.9. The van der Waals surface area contributed by atoms with Gasteiger partial charge in [0.05, 0.1) is 22.7 Å². The lowest BCUT2D eigenvalue weighted by Gasteiger charge is -2.34. The maximum Gasteiger partial charge on any atom is 0.264 e. The standard InChI is InChI=1S/C31H37ClFN3O5S/c1-7-27(30(38)34-31(3,4)5)35(19-22-10-12-23(33)13-11-22)29(37)20-36(24-14-17-28(41-6)26(32)18-24)42(39,40)25-15-8-21(2)9-16-25/h8-18,27H,7,19-20H2,1-6H3,(H,34,38). The minimum Gasteiger partial charge on any atom is -0.495 e. The summed E-state index contributed by atoms with van der Waals surface area (Å²) in [5.74, 6) is -1.12. The number of rotatable bonds is 11. The Hall–Kier alpha value is -3.63. The quantitative estimate of drug-likeness (QED) is 0.297. The van der Waals surface area contributed by atoms with Crippen LogP contribution in [-0.4, -0.2) is 50.4 Å². The Kier molecular flexibility index (Phi) is 10.6. The molecular weight excluding hydrogens is 581 g/mol. The third kappa shape index (κ3) is 8.23. The first-order chi connectivity index (χ1) is 19.7. The Balaban J connectivity index is 2.10. The van der Waals surface area contributed by atoms with Gasteiger partial charge in [-0.25, -0.2) is 12.8 Å². The number of methoxy groups -OCH3 is 1. The summed E-state index contributed by atoms with van der Waals surface area (Å²) in [4.78, 5) is 28.8. The number of halogens is 2. The van der Waals surface area contributed by atoms with Gasteiger partial charge in [0.25, 0.3) is 10.0 Å². The van der Waals surface area contributed by atoms with Gasteiger partial charge in [0.2, 0.25) is 11.8 Å². The molecule has 1 unspecified atom stereocenters. The van der Waals surface area contributed by atoms with Crippen molar-refractivity contribution in [3.05, 3.63) is 88.7 Å². The third-order valence-corrected chi connectivity index (χ3v) is 8.54. The molecule has 2 amide bonds. The number of ether oxygens (including phenoxy) is 1. The van der Waals surface area contributed by atoms with Crippen LogP contribution in [0.15, 0.2) is 71.6 Å². The van der Waals surface area contributed by atoms with E-state index in [0.29, 0.717) is 11.3 Å². The summed E-state index contributed by atoms with van der Waals surface area (Å²) >= 11 is 6.36. The maximum atomic E-state index is 14.1. The van der Waals surface area contributed by atoms with Gasteiger partial charge in [-0.15, -0.1) is 0 Å². The Bertz CT molecular complexity index is 1510. The van der Waals surface area contributed by atoms with Crippen molar-refractivity contribution in [1.82, 2.24) is 10.2 Å². The molecule has 3 rings (SSSR count). The van der Waals surface area contributed by atoms with Gasteiger partial charge < -0.3 is 15.0 Å². The number of sulfonamides is 1. The molecule has 0 spiro atoms. The molecule has 3 aromatic carbocycles. The molecule has 0 aliphatic heterocycles. The molecule has 11 heteroatoms. The summed E-state index contributed by atoms with van der Waals surface area (Å²) in [6.45, 7) is 8.41. The summed E-state index contributed by atoms with van der Waals surface area (Å²) in [5.41, 5.74) is 1.01. The van der Waals surface area contributed by atoms with Crippen LogP contribution in [0.5, 0.6) is 5.75 Å². The largest absolute Gasteiger partial charge is 0.495 e. The van der Waals surface area contributed by atoms with Crippen LogP contribution in [-0.2, 0) is 26.2 Å². The predicted octanol–water partition coefficient (Wildman–Crippen LogP) is 5.71. The van der Waals surface area contributed by atoms with Gasteiger partial charge in [-0.05, 0) is 82.1 Å². The van der Waals surface area contributed by atoms with Gasteiger partial charge in [-0.3, -0.25) is 13.9 Å². The Labute approximate surface area is 252 Å². The molecule has 3 aromatic rings. The number of anilines is 1. The fourth-order valence-corrected chi connectivity index (χ4v) is 5.99. The third-order valence-electron chi connectivity index (χ3n) is 6.46. The van der Waals surface area contributed by atoms with Crippen molar-refractivity contribution in [2.45, 2.75) is 64.1 Å². The van der Waals surface area contributed by atoms with Crippen molar-refractivity contribution in [2.24, 2.45) is 0 Å². The zero-order valence-corrected chi connectivity index (χ0v) is 26.2. The van der Waals surface area contributed by atoms with Crippen molar-refractivity contribution >= 4 is 39.1 Å². The lowest BCUT2D eigenvalue weighted by atomic mass is 10.1. The number of hydrogen-bond acceptors (Lipinski definition) is 5. The van der Waals surface area contributed by atoms with Crippen LogP contribution >= 0.6 is 11.6 Å². The molecule has 0 saturated heterocycles. The molecule has 1 atom stereocenters. The van der Waals surface area contributed by atoms with E-state index < -0.39 is 39.9 Å². The average molecular weight is 618 g/mol. The van der Waals surface area contributed by atoms with E-state index in [-0.39, 0.29) is 34.5 Å². The van der Waals surface area contributed by atoms with Crippen LogP contribution in [0.1, 0.15) is 45.2 Å². The number of amides is 2. The topological polar surface area (TPSA) is 96.0 Å². The minimum atomic E-state index is -4.26. The average Bonchev–Trinajstić information content (AvgIpc) is 2.91. The van der Waals surface area contributed by atoms with E-state index >= 15 is 0 Å². The number of hydrogen-bond donors (Lipinski definition) is 1. The van der Waals surface area contributed by atoms with Crippen LogP contribution in [0, 0.1) is 12.7 Å². The second-order valence-corrected chi connectivity index (χ2v) is 13.2. The fourth-order valence-electron chi connectivity index (χ4n) is 4.34. The molecular formula is C31H37ClFN3O5S. The molecule has 0 fully saturated rings. The monoisotopic (exact) mass is 617 g/mol. The molecule has 0 radical (unpaired) electrons. The molecule has 0 aliphatic carbocycles. The lowest BCUT2D eigenvalue weighted by Crippen LogP contribution is -2.55. The highest BCUT2D eigenvalue weighted by Gasteiger charge is 2.34. The normalized spacial score (nSPS) is 12.4. The summed E-state index contributed by atoms with van der Waals surface area (Å²) in [7, 11) is -2.82. The molecule has 8 nitrogen and oxygen atoms in total. The van der Waals surface area contributed by atoms with E-state index in [1.807, 2.05) is 27.7 Å². The van der Waals surface area contributed by atoms with Crippen molar-refractivity contribution in [3.8, 4) is 5.75 Å². The first-order valence-corrected chi connectivity index (χ1v) is 15.3. The number of carbonyl (C=O) groups excluding carboxylic acids is 2. The highest BCUT2D eigenvalue weighted by atomic mass is 35.5. The van der Waals surface area contributed by atoms with E-state index in [1.54, 1.807) is 19.1 Å². The number of nitrogens with one attached hydrogen (secondary N) is 1. The van der Waals surface area contributed by atoms with Gasteiger partial charge in [0, 0.05) is 12.1 Å². The van der Waals surface area contributed by atoms with Crippen LogP contribution < -0.4 is 14.4 Å². The van der Waals surface area contributed by atoms with E-state index in [9.17, 15) is 22.4 Å². The van der Waals surface area contributed by atoms with Crippen molar-refractivity contribution in [1.29, 1.82) is 0 Å². The van der Waals surface area contributed by atoms with Crippen LogP contribution in [0.25, 0.3) is 0 Å². The van der Waals surface area contributed by atoms with Gasteiger partial charge >= 0.3 is 0 Å². The SMILES string of the molecule is CCC(C(=O)NC(C)(C)C)N(Cc1ccc(F)cc1)C(=O)CN(c1ccc(OC)c(Cl)c1)S(=O)(=O)c1ccc(C)cc1. The second-order valence-electron chi connectivity index (χ2n) is 11.0. The molecule has 0 aliphatic rings. The summed E-state index contributed by atoms with van der Waals surface area (Å²) < 4.78 is 47.8. The van der Waals surface area contributed by atoms with Crippen LogP contribution in [0.4, 0.5) is 10.1 Å². The molecule has 226 valence electrons. The van der Waals surface area contributed by atoms with E-state index in [2.05, 4.69) is 5.32 Å². The first-order valence-electron chi connectivity index (χ1n) is 13.4. The van der Waals surface area contributed by atoms with Crippen LogP contribution in [0.2, 0.25) is 5.02 Å². The van der Waals surface area contributed by atoms with Gasteiger partial charge in [0.1, 0.15) is 24.2 Å². The summed E-state index contributed by atoms with van der Waals surface area (Å²) in [6, 6.07) is 15.3. The van der Waals surface area contributed by atoms with E-state index in [1.165, 1.54) is 66.6 Å². The number of aryl methyl sites for hydroxylation is 1. The van der Waals surface area contributed by atoms with Gasteiger partial charge in [-0.2, -0.15) is 0 Å². The molecule has 1 N–H and O–H groups in total.